The minimum absolute atomic E-state index is 0.931. The molecule has 0 fully saturated rings. The van der Waals surface area contributed by atoms with Crippen LogP contribution in [0.3, 0.4) is 0 Å². The predicted octanol–water partition coefficient (Wildman–Crippen LogP) is 1.82. The van der Waals surface area contributed by atoms with Crippen LogP contribution < -0.4 is 0 Å². The summed E-state index contributed by atoms with van der Waals surface area (Å²) in [6, 6.07) is 0.931. The van der Waals surface area contributed by atoms with Crippen LogP contribution in [-0.2, 0) is 0 Å². The number of nitrogens with zero attached hydrogens (tertiary/aromatic N) is 1. The monoisotopic (exact) mass is 191 g/mol. The van der Waals surface area contributed by atoms with E-state index >= 15 is 0 Å². The van der Waals surface area contributed by atoms with Gasteiger partial charge in [0.25, 0.3) is 0 Å². The van der Waals surface area contributed by atoms with Gasteiger partial charge in [0, 0.05) is 0 Å². The van der Waals surface area contributed by atoms with Crippen molar-refractivity contribution in [2.75, 3.05) is 0 Å². The van der Waals surface area contributed by atoms with Crippen LogP contribution in [0.4, 0.5) is 17.6 Å². The Bertz CT molecular complexity index is 381. The zero-order chi connectivity index (χ0) is 10.2. The molecule has 0 atom stereocenters. The maximum absolute atomic E-state index is 12.5. The summed E-state index contributed by atoms with van der Waals surface area (Å²) in [5, 5.41) is 16.5. The summed E-state index contributed by atoms with van der Waals surface area (Å²) in [7, 11) is 0. The van der Waals surface area contributed by atoms with Crippen molar-refractivity contribution >= 4 is 0 Å². The third kappa shape index (κ3) is 1.18. The molecule has 0 aromatic heterocycles. The number of nitriles is 1. The van der Waals surface area contributed by atoms with Crippen LogP contribution in [-0.4, -0.2) is 5.11 Å². The molecular formula is C7HF4NO. The lowest BCUT2D eigenvalue weighted by molar-refractivity contribution is 0.355. The van der Waals surface area contributed by atoms with Gasteiger partial charge in [0.1, 0.15) is 11.6 Å². The number of benzene rings is 1. The van der Waals surface area contributed by atoms with Gasteiger partial charge in [-0.2, -0.15) is 14.0 Å². The van der Waals surface area contributed by atoms with Crippen LogP contribution in [0.1, 0.15) is 5.56 Å². The first-order valence-corrected chi connectivity index (χ1v) is 2.95. The van der Waals surface area contributed by atoms with Crippen LogP contribution in [0.15, 0.2) is 0 Å². The van der Waals surface area contributed by atoms with Crippen molar-refractivity contribution < 1.29 is 22.7 Å². The van der Waals surface area contributed by atoms with Crippen molar-refractivity contribution in [3.05, 3.63) is 28.8 Å². The molecule has 0 heterocycles. The quantitative estimate of drug-likeness (QED) is 0.502. The van der Waals surface area contributed by atoms with Crippen molar-refractivity contribution in [1.82, 2.24) is 0 Å². The van der Waals surface area contributed by atoms with Crippen molar-refractivity contribution in [3.63, 3.8) is 0 Å². The summed E-state index contributed by atoms with van der Waals surface area (Å²) < 4.78 is 50.0. The average molecular weight is 191 g/mol. The molecular weight excluding hydrogens is 190 g/mol. The van der Waals surface area contributed by atoms with E-state index in [1.165, 1.54) is 0 Å². The van der Waals surface area contributed by atoms with Crippen molar-refractivity contribution in [2.45, 2.75) is 0 Å². The highest BCUT2D eigenvalue weighted by Crippen LogP contribution is 2.27. The molecule has 68 valence electrons. The number of phenols is 1. The summed E-state index contributed by atoms with van der Waals surface area (Å²) >= 11 is 0. The second-order valence-corrected chi connectivity index (χ2v) is 2.09. The summed E-state index contributed by atoms with van der Waals surface area (Å²) in [4.78, 5) is 0. The number of halogens is 4. The normalized spacial score (nSPS) is 9.77. The van der Waals surface area contributed by atoms with Gasteiger partial charge in [-0.15, -0.1) is 0 Å². The van der Waals surface area contributed by atoms with Crippen molar-refractivity contribution in [3.8, 4) is 11.8 Å². The molecule has 0 spiro atoms. The van der Waals surface area contributed by atoms with E-state index in [2.05, 4.69) is 0 Å². The lowest BCUT2D eigenvalue weighted by atomic mass is 10.2. The Morgan fingerprint density at radius 1 is 0.923 bits per heavy atom. The third-order valence-corrected chi connectivity index (χ3v) is 1.35. The lowest BCUT2D eigenvalue weighted by Gasteiger charge is -2.01. The van der Waals surface area contributed by atoms with E-state index in [0.717, 1.165) is 6.07 Å². The Hall–Kier alpha value is -1.77. The largest absolute Gasteiger partial charge is 0.503 e. The van der Waals surface area contributed by atoms with Gasteiger partial charge in [0.05, 0.1) is 0 Å². The summed E-state index contributed by atoms with van der Waals surface area (Å²) in [5.41, 5.74) is -1.40. The Morgan fingerprint density at radius 3 is 1.62 bits per heavy atom. The fourth-order valence-electron chi connectivity index (χ4n) is 0.718. The molecule has 0 aliphatic carbocycles. The summed E-state index contributed by atoms with van der Waals surface area (Å²) in [6.45, 7) is 0. The van der Waals surface area contributed by atoms with Gasteiger partial charge in [-0.3, -0.25) is 0 Å². The van der Waals surface area contributed by atoms with E-state index in [0.29, 0.717) is 0 Å². The molecule has 0 saturated carbocycles. The number of hydrogen-bond acceptors (Lipinski definition) is 2. The zero-order valence-corrected chi connectivity index (χ0v) is 5.91. The van der Waals surface area contributed by atoms with Crippen LogP contribution in [0.2, 0.25) is 0 Å². The molecule has 0 bridgehead atoms. The first kappa shape index (κ1) is 9.32. The fourth-order valence-corrected chi connectivity index (χ4v) is 0.718. The van der Waals surface area contributed by atoms with Gasteiger partial charge in [0.15, 0.2) is 17.4 Å². The highest BCUT2D eigenvalue weighted by Gasteiger charge is 2.24. The molecule has 1 rings (SSSR count). The Labute approximate surface area is 69.6 Å². The third-order valence-electron chi connectivity index (χ3n) is 1.35. The SMILES string of the molecule is N#Cc1c(F)c(F)c(O)c(F)c1F. The molecule has 13 heavy (non-hydrogen) atoms. The number of aromatic hydroxyl groups is 1. The molecule has 0 unspecified atom stereocenters. The molecule has 0 aliphatic heterocycles. The van der Waals surface area contributed by atoms with E-state index in [4.69, 9.17) is 10.4 Å². The molecule has 1 aromatic carbocycles. The zero-order valence-electron chi connectivity index (χ0n) is 5.91. The first-order chi connectivity index (χ1) is 6.00. The van der Waals surface area contributed by atoms with Crippen LogP contribution in [0.5, 0.6) is 5.75 Å². The molecule has 2 nitrogen and oxygen atoms in total. The van der Waals surface area contributed by atoms with Gasteiger partial charge in [-0.1, -0.05) is 0 Å². The Kier molecular flexibility index (Phi) is 2.10. The van der Waals surface area contributed by atoms with Gasteiger partial charge >= 0.3 is 0 Å². The molecule has 6 heteroatoms. The van der Waals surface area contributed by atoms with Gasteiger partial charge < -0.3 is 5.11 Å². The van der Waals surface area contributed by atoms with Gasteiger partial charge in [-0.25, -0.2) is 8.78 Å². The molecule has 1 N–H and O–H groups in total. The standard InChI is InChI=1S/C7HF4NO/c8-3-2(1-12)4(9)6(11)7(13)5(3)10/h13H. The minimum Gasteiger partial charge on any atom is -0.503 e. The van der Waals surface area contributed by atoms with Gasteiger partial charge in [0.2, 0.25) is 11.6 Å². The smallest absolute Gasteiger partial charge is 0.205 e. The van der Waals surface area contributed by atoms with Crippen LogP contribution in [0.25, 0.3) is 0 Å². The second-order valence-electron chi connectivity index (χ2n) is 2.09. The Balaban J connectivity index is 3.69. The maximum Gasteiger partial charge on any atom is 0.205 e. The number of phenolic OH excluding ortho intramolecular Hbond substituents is 1. The molecule has 1 aromatic rings. The van der Waals surface area contributed by atoms with E-state index in [1.807, 2.05) is 0 Å². The highest BCUT2D eigenvalue weighted by atomic mass is 19.2. The van der Waals surface area contributed by atoms with E-state index in [9.17, 15) is 17.6 Å². The molecule has 0 saturated heterocycles. The van der Waals surface area contributed by atoms with Crippen LogP contribution in [0, 0.1) is 34.6 Å². The predicted molar refractivity (Wildman–Crippen MR) is 32.7 cm³/mol. The van der Waals surface area contributed by atoms with Gasteiger partial charge in [-0.05, 0) is 0 Å². The number of hydrogen-bond donors (Lipinski definition) is 1. The Morgan fingerprint density at radius 2 is 1.31 bits per heavy atom. The average Bonchev–Trinajstić information content (AvgIpc) is 2.13. The molecule has 0 aliphatic rings. The highest BCUT2D eigenvalue weighted by molar-refractivity contribution is 5.39. The van der Waals surface area contributed by atoms with E-state index in [1.54, 1.807) is 0 Å². The minimum atomic E-state index is -1.98. The lowest BCUT2D eigenvalue weighted by Crippen LogP contribution is -1.99. The summed E-state index contributed by atoms with van der Waals surface area (Å²) in [6.07, 6.45) is 0. The second kappa shape index (κ2) is 2.94. The van der Waals surface area contributed by atoms with Crippen LogP contribution >= 0.6 is 0 Å². The topological polar surface area (TPSA) is 44.0 Å². The van der Waals surface area contributed by atoms with Crippen molar-refractivity contribution in [1.29, 1.82) is 5.26 Å². The molecule has 0 amide bonds. The van der Waals surface area contributed by atoms with Crippen molar-refractivity contribution in [2.24, 2.45) is 0 Å². The fraction of sp³-hybridized carbons (Fsp3) is 0. The first-order valence-electron chi connectivity index (χ1n) is 2.95. The summed E-state index contributed by atoms with van der Waals surface area (Å²) in [5.74, 6) is -9.53. The number of rotatable bonds is 0. The maximum atomic E-state index is 12.5. The van der Waals surface area contributed by atoms with E-state index < -0.39 is 34.6 Å². The van der Waals surface area contributed by atoms with E-state index in [-0.39, 0.29) is 0 Å². The molecule has 0 radical (unpaired) electrons.